The Labute approximate surface area is 119 Å². The third-order valence-corrected chi connectivity index (χ3v) is 5.09. The number of halogens is 1. The number of hydrogen-bond donors (Lipinski definition) is 1. The van der Waals surface area contributed by atoms with E-state index in [4.69, 9.17) is 16.6 Å². The maximum atomic E-state index is 6.26. The van der Waals surface area contributed by atoms with Crippen LogP contribution in [-0.2, 0) is 6.54 Å². The molecule has 4 heteroatoms. The predicted molar refractivity (Wildman–Crippen MR) is 77.6 cm³/mol. The van der Waals surface area contributed by atoms with Gasteiger partial charge in [-0.1, -0.05) is 11.6 Å². The van der Waals surface area contributed by atoms with E-state index in [0.29, 0.717) is 6.04 Å². The topological polar surface area (TPSA) is 28.2 Å². The van der Waals surface area contributed by atoms with E-state index >= 15 is 0 Å². The van der Waals surface area contributed by atoms with Crippen LogP contribution in [0, 0.1) is 5.92 Å². The Morgan fingerprint density at radius 1 is 1.26 bits per heavy atom. The Hall–Kier alpha value is -0.800. The quantitative estimate of drug-likeness (QED) is 0.917. The van der Waals surface area contributed by atoms with Gasteiger partial charge in [0.05, 0.1) is 10.7 Å². The first kappa shape index (κ1) is 12.0. The van der Waals surface area contributed by atoms with E-state index in [2.05, 4.69) is 16.3 Å². The number of aromatic nitrogens is 1. The monoisotopic (exact) mass is 277 g/mol. The molecule has 2 aliphatic carbocycles. The zero-order valence-electron chi connectivity index (χ0n) is 11.1. The molecule has 0 aromatic carbocycles. The fraction of sp³-hybridized carbons (Fsp3) is 0.667. The van der Waals surface area contributed by atoms with E-state index in [1.165, 1.54) is 38.6 Å². The molecule has 0 radical (unpaired) electrons. The Kier molecular flexibility index (Phi) is 2.92. The van der Waals surface area contributed by atoms with Crippen LogP contribution in [0.25, 0.3) is 0 Å². The molecule has 1 aliphatic heterocycles. The zero-order chi connectivity index (χ0) is 12.8. The summed E-state index contributed by atoms with van der Waals surface area (Å²) in [7, 11) is 0. The van der Waals surface area contributed by atoms with Gasteiger partial charge in [-0.15, -0.1) is 0 Å². The molecule has 0 spiro atoms. The van der Waals surface area contributed by atoms with Crippen LogP contribution in [-0.4, -0.2) is 23.6 Å². The number of fused-ring (bicyclic) bond motifs is 2. The lowest BCUT2D eigenvalue weighted by Crippen LogP contribution is -2.32. The average Bonchev–Trinajstić information content (AvgIpc) is 3.01. The van der Waals surface area contributed by atoms with Gasteiger partial charge < -0.3 is 10.2 Å². The van der Waals surface area contributed by atoms with Gasteiger partial charge in [0.15, 0.2) is 0 Å². The van der Waals surface area contributed by atoms with Crippen LogP contribution >= 0.6 is 11.6 Å². The minimum atomic E-state index is 0.698. The van der Waals surface area contributed by atoms with E-state index in [9.17, 15) is 0 Å². The molecule has 4 rings (SSSR count). The highest BCUT2D eigenvalue weighted by molar-refractivity contribution is 6.31. The van der Waals surface area contributed by atoms with Gasteiger partial charge >= 0.3 is 0 Å². The minimum Gasteiger partial charge on any atom is -0.353 e. The van der Waals surface area contributed by atoms with Crippen LogP contribution in [0.2, 0.25) is 5.02 Å². The largest absolute Gasteiger partial charge is 0.353 e. The summed E-state index contributed by atoms with van der Waals surface area (Å²) in [5.74, 6) is 2.03. The van der Waals surface area contributed by atoms with Crippen molar-refractivity contribution in [3.63, 3.8) is 0 Å². The first-order chi connectivity index (χ1) is 9.29. The molecule has 2 saturated carbocycles. The van der Waals surface area contributed by atoms with Crippen LogP contribution in [0.4, 0.5) is 5.82 Å². The second-order valence-electron chi connectivity index (χ2n) is 6.24. The summed E-state index contributed by atoms with van der Waals surface area (Å²) in [5, 5.41) is 4.29. The van der Waals surface area contributed by atoms with Gasteiger partial charge in [-0.25, -0.2) is 4.98 Å². The number of nitrogens with zero attached hydrogens (tertiary/aromatic N) is 2. The van der Waals surface area contributed by atoms with Crippen molar-refractivity contribution in [1.82, 2.24) is 10.3 Å². The summed E-state index contributed by atoms with van der Waals surface area (Å²) in [6.07, 6.45) is 6.70. The van der Waals surface area contributed by atoms with Gasteiger partial charge in [0.25, 0.3) is 0 Å². The number of piperidine rings is 1. The molecule has 2 unspecified atom stereocenters. The van der Waals surface area contributed by atoms with E-state index in [1.807, 2.05) is 6.07 Å². The first-order valence-electron chi connectivity index (χ1n) is 7.45. The third-order valence-electron chi connectivity index (χ3n) is 4.74. The molecule has 102 valence electrons. The van der Waals surface area contributed by atoms with E-state index in [1.54, 1.807) is 0 Å². The van der Waals surface area contributed by atoms with Crippen molar-refractivity contribution in [2.45, 2.75) is 50.7 Å². The highest BCUT2D eigenvalue weighted by Crippen LogP contribution is 2.39. The van der Waals surface area contributed by atoms with Gasteiger partial charge in [0, 0.05) is 25.2 Å². The summed E-state index contributed by atoms with van der Waals surface area (Å²) in [5.41, 5.74) is 1.01. The van der Waals surface area contributed by atoms with Gasteiger partial charge in [-0.2, -0.15) is 0 Å². The highest BCUT2D eigenvalue weighted by atomic mass is 35.5. The number of rotatable bonds is 4. The molecule has 3 aliphatic rings. The van der Waals surface area contributed by atoms with E-state index in [0.717, 1.165) is 35.0 Å². The smallest absolute Gasteiger partial charge is 0.129 e. The second-order valence-corrected chi connectivity index (χ2v) is 6.65. The normalized spacial score (nSPS) is 29.2. The molecule has 19 heavy (non-hydrogen) atoms. The van der Waals surface area contributed by atoms with Gasteiger partial charge in [0.2, 0.25) is 0 Å². The molecule has 2 bridgehead atoms. The van der Waals surface area contributed by atoms with Crippen molar-refractivity contribution in [2.24, 2.45) is 5.92 Å². The van der Waals surface area contributed by atoms with Crippen LogP contribution in [0.5, 0.6) is 0 Å². The Morgan fingerprint density at radius 2 is 2.16 bits per heavy atom. The van der Waals surface area contributed by atoms with Crippen molar-refractivity contribution in [2.75, 3.05) is 11.4 Å². The Balaban J connectivity index is 1.53. The molecule has 1 N–H and O–H groups in total. The second kappa shape index (κ2) is 4.64. The molecule has 2 atom stereocenters. The molecule has 2 heterocycles. The van der Waals surface area contributed by atoms with Crippen molar-refractivity contribution in [3.05, 3.63) is 22.8 Å². The SMILES string of the molecule is Clc1ccc(N2CC3CCC2C3)nc1CNC1CC1. The predicted octanol–water partition coefficient (Wildman–Crippen LogP) is 2.98. The molecular formula is C15H20ClN3. The number of pyridine rings is 1. The minimum absolute atomic E-state index is 0.698. The lowest BCUT2D eigenvalue weighted by Gasteiger charge is -2.28. The van der Waals surface area contributed by atoms with E-state index in [-0.39, 0.29) is 0 Å². The van der Waals surface area contributed by atoms with E-state index < -0.39 is 0 Å². The third kappa shape index (κ3) is 2.34. The van der Waals surface area contributed by atoms with Gasteiger partial charge in [-0.3, -0.25) is 0 Å². The lowest BCUT2D eigenvalue weighted by atomic mass is 10.1. The Bertz CT molecular complexity index is 486. The molecule has 1 saturated heterocycles. The molecule has 0 amide bonds. The Morgan fingerprint density at radius 3 is 2.84 bits per heavy atom. The summed E-state index contributed by atoms with van der Waals surface area (Å²) >= 11 is 6.26. The molecule has 1 aromatic heterocycles. The summed E-state index contributed by atoms with van der Waals surface area (Å²) in [4.78, 5) is 7.30. The molecular weight excluding hydrogens is 258 g/mol. The molecule has 3 fully saturated rings. The van der Waals surface area contributed by atoms with Gasteiger partial charge in [0.1, 0.15) is 5.82 Å². The number of nitrogens with one attached hydrogen (secondary N) is 1. The number of hydrogen-bond acceptors (Lipinski definition) is 3. The molecule has 3 nitrogen and oxygen atoms in total. The molecule has 1 aromatic rings. The first-order valence-corrected chi connectivity index (χ1v) is 7.83. The summed E-state index contributed by atoms with van der Waals surface area (Å²) in [6.45, 7) is 1.99. The van der Waals surface area contributed by atoms with Crippen molar-refractivity contribution in [3.8, 4) is 0 Å². The average molecular weight is 278 g/mol. The lowest BCUT2D eigenvalue weighted by molar-refractivity contribution is 0.549. The van der Waals surface area contributed by atoms with Crippen molar-refractivity contribution < 1.29 is 0 Å². The van der Waals surface area contributed by atoms with Crippen LogP contribution in [0.15, 0.2) is 12.1 Å². The summed E-state index contributed by atoms with van der Waals surface area (Å²) < 4.78 is 0. The highest BCUT2D eigenvalue weighted by Gasteiger charge is 2.38. The van der Waals surface area contributed by atoms with Crippen molar-refractivity contribution >= 4 is 17.4 Å². The standard InChI is InChI=1S/C15H20ClN3/c16-13-5-6-15(18-14(13)8-17-11-2-3-11)19-9-10-1-4-12(19)7-10/h5-6,10-12,17H,1-4,7-9H2. The number of anilines is 1. The maximum Gasteiger partial charge on any atom is 0.129 e. The van der Waals surface area contributed by atoms with Crippen molar-refractivity contribution in [1.29, 1.82) is 0 Å². The van der Waals surface area contributed by atoms with Crippen LogP contribution < -0.4 is 10.2 Å². The summed E-state index contributed by atoms with van der Waals surface area (Å²) in [6, 6.07) is 5.52. The van der Waals surface area contributed by atoms with Crippen LogP contribution in [0.1, 0.15) is 37.8 Å². The zero-order valence-corrected chi connectivity index (χ0v) is 11.9. The fourth-order valence-corrected chi connectivity index (χ4v) is 3.66. The van der Waals surface area contributed by atoms with Crippen LogP contribution in [0.3, 0.4) is 0 Å². The maximum absolute atomic E-state index is 6.26. The van der Waals surface area contributed by atoms with Gasteiger partial charge in [-0.05, 0) is 50.2 Å². The fourth-order valence-electron chi connectivity index (χ4n) is 3.49.